The molecule has 0 aliphatic carbocycles. The molecule has 2 aliphatic rings. The molecule has 120 valence electrons. The second kappa shape index (κ2) is 5.88. The van der Waals surface area contributed by atoms with Crippen LogP contribution < -0.4 is 26.4 Å². The van der Waals surface area contributed by atoms with Crippen molar-refractivity contribution in [2.75, 3.05) is 35.3 Å². The zero-order chi connectivity index (χ0) is 15.6. The SMILES string of the molecule is O=c1[nH]cccc1Nc1ncc2c(n1)N([C@@H]1CCCNC1)CN2. The van der Waals surface area contributed by atoms with Crippen LogP contribution >= 0.6 is 0 Å². The van der Waals surface area contributed by atoms with Crippen molar-refractivity contribution in [3.63, 3.8) is 0 Å². The summed E-state index contributed by atoms with van der Waals surface area (Å²) < 4.78 is 0. The van der Waals surface area contributed by atoms with E-state index >= 15 is 0 Å². The summed E-state index contributed by atoms with van der Waals surface area (Å²) in [4.78, 5) is 25.6. The molecule has 1 saturated heterocycles. The van der Waals surface area contributed by atoms with Gasteiger partial charge in [0, 0.05) is 18.8 Å². The molecule has 1 fully saturated rings. The first-order chi connectivity index (χ1) is 11.3. The van der Waals surface area contributed by atoms with Gasteiger partial charge in [-0.1, -0.05) is 0 Å². The Balaban J connectivity index is 1.60. The fourth-order valence-electron chi connectivity index (χ4n) is 3.06. The summed E-state index contributed by atoms with van der Waals surface area (Å²) in [6, 6.07) is 3.90. The molecule has 8 nitrogen and oxygen atoms in total. The van der Waals surface area contributed by atoms with Gasteiger partial charge in [0.15, 0.2) is 5.82 Å². The molecule has 0 radical (unpaired) electrons. The van der Waals surface area contributed by atoms with Gasteiger partial charge in [-0.3, -0.25) is 4.79 Å². The number of aromatic amines is 1. The van der Waals surface area contributed by atoms with E-state index in [1.54, 1.807) is 24.5 Å². The van der Waals surface area contributed by atoms with Crippen LogP contribution in [0.4, 0.5) is 23.1 Å². The molecular weight excluding hydrogens is 294 g/mol. The summed E-state index contributed by atoms with van der Waals surface area (Å²) in [5, 5.41) is 9.75. The molecule has 0 unspecified atom stereocenters. The van der Waals surface area contributed by atoms with Gasteiger partial charge in [0.05, 0.1) is 18.6 Å². The third-order valence-electron chi connectivity index (χ3n) is 4.26. The number of piperidine rings is 1. The van der Waals surface area contributed by atoms with Crippen LogP contribution in [0.5, 0.6) is 0 Å². The van der Waals surface area contributed by atoms with Crippen LogP contribution in [0.25, 0.3) is 0 Å². The minimum Gasteiger partial charge on any atom is -0.363 e. The monoisotopic (exact) mass is 313 g/mol. The van der Waals surface area contributed by atoms with Crippen LogP contribution in [-0.4, -0.2) is 40.8 Å². The average Bonchev–Trinajstić information content (AvgIpc) is 3.01. The molecule has 23 heavy (non-hydrogen) atoms. The van der Waals surface area contributed by atoms with Gasteiger partial charge in [0.2, 0.25) is 5.95 Å². The number of fused-ring (bicyclic) bond motifs is 1. The molecule has 0 bridgehead atoms. The molecule has 0 aromatic carbocycles. The maximum Gasteiger partial charge on any atom is 0.271 e. The fraction of sp³-hybridized carbons (Fsp3) is 0.400. The molecule has 2 aromatic heterocycles. The van der Waals surface area contributed by atoms with Crippen molar-refractivity contribution in [2.45, 2.75) is 18.9 Å². The van der Waals surface area contributed by atoms with E-state index in [-0.39, 0.29) is 5.56 Å². The molecule has 0 amide bonds. The van der Waals surface area contributed by atoms with Crippen molar-refractivity contribution < 1.29 is 0 Å². The van der Waals surface area contributed by atoms with Crippen molar-refractivity contribution in [2.24, 2.45) is 0 Å². The maximum absolute atomic E-state index is 11.8. The van der Waals surface area contributed by atoms with E-state index in [4.69, 9.17) is 0 Å². The van der Waals surface area contributed by atoms with Crippen molar-refractivity contribution in [1.29, 1.82) is 0 Å². The first kappa shape index (κ1) is 14.0. The average molecular weight is 313 g/mol. The lowest BCUT2D eigenvalue weighted by molar-refractivity contribution is 0.438. The highest BCUT2D eigenvalue weighted by Gasteiger charge is 2.29. The van der Waals surface area contributed by atoms with Crippen LogP contribution in [0.1, 0.15) is 12.8 Å². The number of H-pyrrole nitrogens is 1. The van der Waals surface area contributed by atoms with E-state index in [0.29, 0.717) is 17.7 Å². The summed E-state index contributed by atoms with van der Waals surface area (Å²) in [6.07, 6.45) is 5.68. The van der Waals surface area contributed by atoms with E-state index in [9.17, 15) is 4.79 Å². The van der Waals surface area contributed by atoms with Crippen molar-refractivity contribution in [1.82, 2.24) is 20.3 Å². The lowest BCUT2D eigenvalue weighted by Crippen LogP contribution is -2.46. The minimum atomic E-state index is -0.192. The fourth-order valence-corrected chi connectivity index (χ4v) is 3.06. The molecule has 2 aliphatic heterocycles. The maximum atomic E-state index is 11.8. The number of pyridine rings is 1. The molecule has 8 heteroatoms. The van der Waals surface area contributed by atoms with Crippen LogP contribution in [0.15, 0.2) is 29.3 Å². The zero-order valence-electron chi connectivity index (χ0n) is 12.7. The van der Waals surface area contributed by atoms with Crippen LogP contribution in [-0.2, 0) is 0 Å². The van der Waals surface area contributed by atoms with Gasteiger partial charge in [-0.15, -0.1) is 0 Å². The molecular formula is C15H19N7O. The number of hydrogen-bond donors (Lipinski definition) is 4. The molecule has 4 rings (SSSR count). The number of nitrogens with one attached hydrogen (secondary N) is 4. The molecule has 4 N–H and O–H groups in total. The summed E-state index contributed by atoms with van der Waals surface area (Å²) >= 11 is 0. The predicted octanol–water partition coefficient (Wildman–Crippen LogP) is 0.850. The smallest absolute Gasteiger partial charge is 0.271 e. The summed E-state index contributed by atoms with van der Waals surface area (Å²) in [6.45, 7) is 2.79. The molecule has 4 heterocycles. The van der Waals surface area contributed by atoms with Crippen molar-refractivity contribution in [3.8, 4) is 0 Å². The Hall–Kier alpha value is -2.61. The van der Waals surface area contributed by atoms with E-state index < -0.39 is 0 Å². The Morgan fingerprint density at radius 3 is 3.17 bits per heavy atom. The molecule has 0 spiro atoms. The van der Waals surface area contributed by atoms with Gasteiger partial charge in [0.1, 0.15) is 5.69 Å². The second-order valence-corrected chi connectivity index (χ2v) is 5.77. The topological polar surface area (TPSA) is 98.0 Å². The van der Waals surface area contributed by atoms with Crippen molar-refractivity contribution >= 4 is 23.1 Å². The molecule has 2 aromatic rings. The summed E-state index contributed by atoms with van der Waals surface area (Å²) in [5.41, 5.74) is 1.18. The van der Waals surface area contributed by atoms with Crippen molar-refractivity contribution in [3.05, 3.63) is 34.9 Å². The lowest BCUT2D eigenvalue weighted by Gasteiger charge is -2.32. The van der Waals surface area contributed by atoms with Gasteiger partial charge in [-0.25, -0.2) is 4.98 Å². The Labute approximate surface area is 133 Å². The Morgan fingerprint density at radius 1 is 1.39 bits per heavy atom. The number of aromatic nitrogens is 3. The number of nitrogens with zero attached hydrogens (tertiary/aromatic N) is 3. The Morgan fingerprint density at radius 2 is 2.35 bits per heavy atom. The van der Waals surface area contributed by atoms with Gasteiger partial charge < -0.3 is 25.8 Å². The van der Waals surface area contributed by atoms with E-state index in [1.807, 2.05) is 0 Å². The van der Waals surface area contributed by atoms with E-state index in [2.05, 4.69) is 35.8 Å². The third-order valence-corrected chi connectivity index (χ3v) is 4.26. The Bertz CT molecular complexity index is 753. The first-order valence-electron chi connectivity index (χ1n) is 7.84. The number of hydrogen-bond acceptors (Lipinski definition) is 7. The first-order valence-corrected chi connectivity index (χ1v) is 7.84. The van der Waals surface area contributed by atoms with Gasteiger partial charge in [-0.2, -0.15) is 4.98 Å². The molecule has 1 atom stereocenters. The van der Waals surface area contributed by atoms with Gasteiger partial charge in [-0.05, 0) is 31.5 Å². The number of rotatable bonds is 3. The van der Waals surface area contributed by atoms with Crippen LogP contribution in [0, 0.1) is 0 Å². The highest BCUT2D eigenvalue weighted by Crippen LogP contribution is 2.32. The predicted molar refractivity (Wildman–Crippen MR) is 89.2 cm³/mol. The minimum absolute atomic E-state index is 0.192. The second-order valence-electron chi connectivity index (χ2n) is 5.77. The standard InChI is InChI=1S/C15H19N7O/c23-14-11(4-2-6-17-14)20-15-18-8-12-13(21-15)22(9-19-12)10-3-1-5-16-7-10/h2,4,6,8,10,16,19H,1,3,5,7,9H2,(H,17,23)(H,18,20,21)/t10-/m1/s1. The van der Waals surface area contributed by atoms with Crippen LogP contribution in [0.2, 0.25) is 0 Å². The molecule has 0 saturated carbocycles. The largest absolute Gasteiger partial charge is 0.363 e. The Kier molecular flexibility index (Phi) is 3.58. The highest BCUT2D eigenvalue weighted by atomic mass is 16.1. The number of anilines is 4. The summed E-state index contributed by atoms with van der Waals surface area (Å²) in [5.74, 6) is 1.32. The summed E-state index contributed by atoms with van der Waals surface area (Å²) in [7, 11) is 0. The van der Waals surface area contributed by atoms with Crippen LogP contribution in [0.3, 0.4) is 0 Å². The third kappa shape index (κ3) is 2.72. The quantitative estimate of drug-likeness (QED) is 0.667. The normalized spacial score (nSPS) is 20.0. The van der Waals surface area contributed by atoms with E-state index in [0.717, 1.165) is 37.7 Å². The van der Waals surface area contributed by atoms with Gasteiger partial charge >= 0.3 is 0 Å². The highest BCUT2D eigenvalue weighted by molar-refractivity contribution is 5.72. The lowest BCUT2D eigenvalue weighted by atomic mass is 10.1. The van der Waals surface area contributed by atoms with Gasteiger partial charge in [0.25, 0.3) is 5.56 Å². The zero-order valence-corrected chi connectivity index (χ0v) is 12.7. The van der Waals surface area contributed by atoms with E-state index in [1.165, 1.54) is 6.42 Å².